The third kappa shape index (κ3) is 4.79. The molecule has 138 valence electrons. The summed E-state index contributed by atoms with van der Waals surface area (Å²) in [5.74, 6) is -0.0873. The van der Waals surface area contributed by atoms with Crippen molar-refractivity contribution in [3.05, 3.63) is 65.7 Å². The van der Waals surface area contributed by atoms with Crippen molar-refractivity contribution in [2.75, 3.05) is 18.5 Å². The highest BCUT2D eigenvalue weighted by Gasteiger charge is 2.23. The monoisotopic (exact) mass is 359 g/mol. The van der Waals surface area contributed by atoms with Gasteiger partial charge in [-0.25, -0.2) is 13.6 Å². The molecule has 4 nitrogen and oxygen atoms in total. The summed E-state index contributed by atoms with van der Waals surface area (Å²) in [7, 11) is 1.66. The van der Waals surface area contributed by atoms with E-state index in [9.17, 15) is 13.6 Å². The molecule has 1 fully saturated rings. The lowest BCUT2D eigenvalue weighted by Gasteiger charge is -2.31. The Morgan fingerprint density at radius 3 is 2.27 bits per heavy atom. The molecule has 26 heavy (non-hydrogen) atoms. The van der Waals surface area contributed by atoms with Gasteiger partial charge in [0.15, 0.2) is 0 Å². The van der Waals surface area contributed by atoms with E-state index in [1.807, 2.05) is 12.1 Å². The second kappa shape index (κ2) is 8.27. The van der Waals surface area contributed by atoms with Gasteiger partial charge in [-0.3, -0.25) is 10.2 Å². The van der Waals surface area contributed by atoms with Crippen molar-refractivity contribution in [3.63, 3.8) is 0 Å². The highest BCUT2D eigenvalue weighted by Crippen LogP contribution is 2.19. The number of benzene rings is 2. The quantitative estimate of drug-likeness (QED) is 0.875. The Balaban J connectivity index is 1.46. The van der Waals surface area contributed by atoms with E-state index in [4.69, 9.17) is 0 Å². The highest BCUT2D eigenvalue weighted by atomic mass is 19.1. The van der Waals surface area contributed by atoms with Gasteiger partial charge >= 0.3 is 6.03 Å². The maximum absolute atomic E-state index is 13.0. The normalized spacial score (nSPS) is 19.8. The number of hydrogen-bond donors (Lipinski definition) is 2. The van der Waals surface area contributed by atoms with Gasteiger partial charge in [-0.05, 0) is 67.1 Å². The first-order valence-corrected chi connectivity index (χ1v) is 8.79. The van der Waals surface area contributed by atoms with Gasteiger partial charge in [-0.1, -0.05) is 12.1 Å². The number of urea groups is 1. The van der Waals surface area contributed by atoms with Crippen LogP contribution < -0.4 is 15.5 Å². The fourth-order valence-corrected chi connectivity index (χ4v) is 3.19. The van der Waals surface area contributed by atoms with Crippen LogP contribution in [-0.2, 0) is 6.42 Å². The van der Waals surface area contributed by atoms with Crippen LogP contribution >= 0.6 is 0 Å². The smallest absolute Gasteiger partial charge is 0.322 e. The average molecular weight is 359 g/mol. The van der Waals surface area contributed by atoms with Crippen LogP contribution in [0.5, 0.6) is 0 Å². The van der Waals surface area contributed by atoms with Crippen LogP contribution in [0, 0.1) is 17.6 Å². The highest BCUT2D eigenvalue weighted by molar-refractivity contribution is 5.91. The van der Waals surface area contributed by atoms with Crippen molar-refractivity contribution in [1.82, 2.24) is 10.6 Å². The third-order valence-corrected chi connectivity index (χ3v) is 4.77. The molecule has 3 rings (SSSR count). The number of piperidine rings is 1. The van der Waals surface area contributed by atoms with Crippen LogP contribution in [0.15, 0.2) is 48.5 Å². The number of carbonyl (C=O) groups excluding carboxylic acids is 1. The third-order valence-electron chi connectivity index (χ3n) is 4.77. The summed E-state index contributed by atoms with van der Waals surface area (Å²) in [6.45, 7) is 0.794. The Morgan fingerprint density at radius 2 is 1.69 bits per heavy atom. The summed E-state index contributed by atoms with van der Waals surface area (Å²) in [5, 5.41) is 6.31. The Kier molecular flexibility index (Phi) is 5.83. The zero-order valence-electron chi connectivity index (χ0n) is 14.7. The number of anilines is 1. The summed E-state index contributed by atoms with van der Waals surface area (Å²) < 4.78 is 26.0. The number of nitrogens with one attached hydrogen (secondary N) is 2. The van der Waals surface area contributed by atoms with Crippen molar-refractivity contribution in [3.8, 4) is 0 Å². The van der Waals surface area contributed by atoms with Crippen molar-refractivity contribution < 1.29 is 13.6 Å². The fourth-order valence-electron chi connectivity index (χ4n) is 3.19. The first-order chi connectivity index (χ1) is 12.5. The standard InChI is InChI=1S/C20H23F2N3O/c1-25(18-9-7-17(22)8-10-18)20(26)24-19-11-4-15(13-23-19)12-14-2-5-16(21)6-3-14/h2-3,5-10,15,19,23H,4,11-13H2,1H3,(H,24,26)/t15-,19+/m0/s1. The molecule has 1 aliphatic rings. The van der Waals surface area contributed by atoms with Gasteiger partial charge in [-0.2, -0.15) is 0 Å². The average Bonchev–Trinajstić information content (AvgIpc) is 2.65. The van der Waals surface area contributed by atoms with Crippen LogP contribution in [0.2, 0.25) is 0 Å². The fraction of sp³-hybridized carbons (Fsp3) is 0.350. The van der Waals surface area contributed by atoms with Crippen LogP contribution in [-0.4, -0.2) is 25.8 Å². The zero-order chi connectivity index (χ0) is 18.5. The lowest BCUT2D eigenvalue weighted by atomic mass is 9.91. The van der Waals surface area contributed by atoms with Gasteiger partial charge in [0, 0.05) is 19.3 Å². The SMILES string of the molecule is CN(C(=O)N[C@@H]1CC[C@@H](Cc2ccc(F)cc2)CN1)c1ccc(F)cc1. The number of hydrogen-bond acceptors (Lipinski definition) is 2. The Hall–Kier alpha value is -2.47. The molecule has 0 bridgehead atoms. The van der Waals surface area contributed by atoms with Crippen molar-refractivity contribution in [2.24, 2.45) is 5.92 Å². The molecule has 1 saturated heterocycles. The number of amides is 2. The van der Waals surface area contributed by atoms with E-state index in [1.54, 1.807) is 19.2 Å². The minimum absolute atomic E-state index is 0.0881. The largest absolute Gasteiger partial charge is 0.322 e. The van der Waals surface area contributed by atoms with Gasteiger partial charge in [0.05, 0.1) is 6.17 Å². The molecule has 1 aliphatic heterocycles. The molecule has 0 radical (unpaired) electrons. The van der Waals surface area contributed by atoms with E-state index < -0.39 is 0 Å². The summed E-state index contributed by atoms with van der Waals surface area (Å²) in [6, 6.07) is 12.2. The molecular formula is C20H23F2N3O. The summed E-state index contributed by atoms with van der Waals surface area (Å²) >= 11 is 0. The van der Waals surface area contributed by atoms with Crippen LogP contribution in [0.4, 0.5) is 19.3 Å². The van der Waals surface area contributed by atoms with E-state index in [0.29, 0.717) is 11.6 Å². The first-order valence-electron chi connectivity index (χ1n) is 8.79. The lowest BCUT2D eigenvalue weighted by Crippen LogP contribution is -2.53. The molecule has 1 heterocycles. The minimum Gasteiger partial charge on any atom is -0.322 e. The van der Waals surface area contributed by atoms with Gasteiger partial charge in [0.25, 0.3) is 0 Å². The topological polar surface area (TPSA) is 44.4 Å². The van der Waals surface area contributed by atoms with E-state index in [1.165, 1.54) is 29.2 Å². The summed E-state index contributed by atoms with van der Waals surface area (Å²) in [6.07, 6.45) is 2.61. The molecule has 0 aromatic heterocycles. The zero-order valence-corrected chi connectivity index (χ0v) is 14.7. The second-order valence-corrected chi connectivity index (χ2v) is 6.72. The van der Waals surface area contributed by atoms with Crippen molar-refractivity contribution >= 4 is 11.7 Å². The molecular weight excluding hydrogens is 336 g/mol. The number of rotatable bonds is 4. The predicted octanol–water partition coefficient (Wildman–Crippen LogP) is 3.68. The van der Waals surface area contributed by atoms with Crippen molar-refractivity contribution in [2.45, 2.75) is 25.4 Å². The second-order valence-electron chi connectivity index (χ2n) is 6.72. The predicted molar refractivity (Wildman–Crippen MR) is 98.0 cm³/mol. The first kappa shape index (κ1) is 18.3. The van der Waals surface area contributed by atoms with E-state index in [2.05, 4.69) is 10.6 Å². The van der Waals surface area contributed by atoms with Crippen LogP contribution in [0.1, 0.15) is 18.4 Å². The molecule has 2 atom stereocenters. The van der Waals surface area contributed by atoms with Crippen LogP contribution in [0.3, 0.4) is 0 Å². The van der Waals surface area contributed by atoms with Gasteiger partial charge in [0.2, 0.25) is 0 Å². The van der Waals surface area contributed by atoms with E-state index in [-0.39, 0.29) is 23.8 Å². The van der Waals surface area contributed by atoms with Gasteiger partial charge in [0.1, 0.15) is 11.6 Å². The Labute approximate surface area is 152 Å². The molecule has 0 spiro atoms. The Morgan fingerprint density at radius 1 is 1.08 bits per heavy atom. The maximum atomic E-state index is 13.0. The number of carbonyl (C=O) groups is 1. The van der Waals surface area contributed by atoms with Crippen LogP contribution in [0.25, 0.3) is 0 Å². The summed E-state index contributed by atoms with van der Waals surface area (Å²) in [4.78, 5) is 13.8. The number of halogens is 2. The molecule has 2 amide bonds. The molecule has 0 aliphatic carbocycles. The molecule has 6 heteroatoms. The van der Waals surface area contributed by atoms with Gasteiger partial charge in [-0.15, -0.1) is 0 Å². The molecule has 0 saturated carbocycles. The molecule has 0 unspecified atom stereocenters. The lowest BCUT2D eigenvalue weighted by molar-refractivity contribution is 0.228. The van der Waals surface area contributed by atoms with E-state index >= 15 is 0 Å². The maximum Gasteiger partial charge on any atom is 0.322 e. The number of nitrogens with zero attached hydrogens (tertiary/aromatic N) is 1. The molecule has 2 aromatic carbocycles. The molecule has 2 aromatic rings. The van der Waals surface area contributed by atoms with E-state index in [0.717, 1.165) is 31.4 Å². The minimum atomic E-state index is -0.330. The van der Waals surface area contributed by atoms with Gasteiger partial charge < -0.3 is 5.32 Å². The van der Waals surface area contributed by atoms with Crippen molar-refractivity contribution in [1.29, 1.82) is 0 Å². The summed E-state index contributed by atoms with van der Waals surface area (Å²) in [5.41, 5.74) is 1.76. The Bertz CT molecular complexity index is 726. The molecule has 2 N–H and O–H groups in total.